The van der Waals surface area contributed by atoms with Gasteiger partial charge in [0, 0.05) is 12.0 Å². The van der Waals surface area contributed by atoms with Crippen LogP contribution in [-0.2, 0) is 5.41 Å². The van der Waals surface area contributed by atoms with Crippen LogP contribution in [0.5, 0.6) is 0 Å². The molecule has 0 radical (unpaired) electrons. The molecule has 3 nitrogen and oxygen atoms in total. The van der Waals surface area contributed by atoms with E-state index in [0.29, 0.717) is 6.54 Å². The molecule has 1 aromatic carbocycles. The molecule has 94 valence electrons. The zero-order chi connectivity index (χ0) is 12.6. The van der Waals surface area contributed by atoms with Crippen LogP contribution in [0.4, 0.5) is 0 Å². The lowest BCUT2D eigenvalue weighted by Gasteiger charge is -2.39. The third-order valence-corrected chi connectivity index (χ3v) is 4.11. The van der Waals surface area contributed by atoms with E-state index in [2.05, 4.69) is 41.2 Å². The maximum absolute atomic E-state index is 5.91. The second-order valence-corrected chi connectivity index (χ2v) is 5.35. The van der Waals surface area contributed by atoms with E-state index < -0.39 is 0 Å². The summed E-state index contributed by atoms with van der Waals surface area (Å²) in [5.41, 5.74) is 9.58. The number of hydrogen-bond donors (Lipinski definition) is 2. The number of nitrogens with zero attached hydrogens (tertiary/aromatic N) is 1. The molecule has 1 aliphatic carbocycles. The average Bonchev–Trinajstić information content (AvgIpc) is 2.78. The first kappa shape index (κ1) is 11.5. The van der Waals surface area contributed by atoms with Gasteiger partial charge in [-0.1, -0.05) is 30.2 Å². The summed E-state index contributed by atoms with van der Waals surface area (Å²) in [6.45, 7) is 2.79. The van der Waals surface area contributed by atoms with Crippen LogP contribution in [0, 0.1) is 6.92 Å². The number of benzene rings is 1. The molecule has 3 rings (SSSR count). The SMILES string of the molecule is Cc1cccc(-c2cnc(C3(CN)CCC3)[nH]2)c1. The summed E-state index contributed by atoms with van der Waals surface area (Å²) < 4.78 is 0. The van der Waals surface area contributed by atoms with Crippen molar-refractivity contribution in [2.75, 3.05) is 6.54 Å². The van der Waals surface area contributed by atoms with Crippen LogP contribution in [0.2, 0.25) is 0 Å². The Labute approximate surface area is 107 Å². The normalized spacial score (nSPS) is 17.4. The number of aromatic nitrogens is 2. The second kappa shape index (κ2) is 4.25. The predicted octanol–water partition coefficient (Wildman–Crippen LogP) is 2.77. The topological polar surface area (TPSA) is 54.7 Å². The molecule has 0 amide bonds. The standard InChI is InChI=1S/C15H19N3/c1-11-4-2-5-12(8-11)13-9-17-14(18-13)15(10-16)6-3-7-15/h2,4-5,8-9H,3,6-7,10,16H2,1H3,(H,17,18). The summed E-state index contributed by atoms with van der Waals surface area (Å²) in [5.74, 6) is 1.06. The molecule has 0 saturated heterocycles. The maximum Gasteiger partial charge on any atom is 0.114 e. The summed E-state index contributed by atoms with van der Waals surface area (Å²) >= 11 is 0. The van der Waals surface area contributed by atoms with E-state index in [4.69, 9.17) is 5.73 Å². The van der Waals surface area contributed by atoms with Gasteiger partial charge in [-0.25, -0.2) is 4.98 Å². The van der Waals surface area contributed by atoms with Crippen LogP contribution < -0.4 is 5.73 Å². The van der Waals surface area contributed by atoms with E-state index in [1.54, 1.807) is 0 Å². The van der Waals surface area contributed by atoms with E-state index in [1.165, 1.54) is 17.5 Å². The molecular formula is C15H19N3. The third-order valence-electron chi connectivity index (χ3n) is 4.11. The van der Waals surface area contributed by atoms with Crippen molar-refractivity contribution in [3.8, 4) is 11.3 Å². The molecule has 3 N–H and O–H groups in total. The molecular weight excluding hydrogens is 222 g/mol. The van der Waals surface area contributed by atoms with Gasteiger partial charge in [-0.3, -0.25) is 0 Å². The number of aromatic amines is 1. The van der Waals surface area contributed by atoms with Crippen molar-refractivity contribution in [2.45, 2.75) is 31.6 Å². The van der Waals surface area contributed by atoms with E-state index in [1.807, 2.05) is 6.20 Å². The highest BCUT2D eigenvalue weighted by Gasteiger charge is 2.39. The number of rotatable bonds is 3. The molecule has 1 aliphatic rings. The van der Waals surface area contributed by atoms with Gasteiger partial charge in [-0.05, 0) is 31.4 Å². The van der Waals surface area contributed by atoms with Crippen LogP contribution in [0.3, 0.4) is 0 Å². The van der Waals surface area contributed by atoms with E-state index >= 15 is 0 Å². The summed E-state index contributed by atoms with van der Waals surface area (Å²) in [5, 5.41) is 0. The van der Waals surface area contributed by atoms with Crippen molar-refractivity contribution in [2.24, 2.45) is 5.73 Å². The van der Waals surface area contributed by atoms with Crippen LogP contribution in [0.15, 0.2) is 30.5 Å². The Morgan fingerprint density at radius 3 is 2.83 bits per heavy atom. The number of nitrogens with two attached hydrogens (primary N) is 1. The van der Waals surface area contributed by atoms with E-state index in [9.17, 15) is 0 Å². The Morgan fingerprint density at radius 2 is 2.22 bits per heavy atom. The minimum Gasteiger partial charge on any atom is -0.342 e. The molecule has 0 aliphatic heterocycles. The first-order valence-corrected chi connectivity index (χ1v) is 6.56. The molecule has 0 unspecified atom stereocenters. The third kappa shape index (κ3) is 1.75. The molecule has 1 fully saturated rings. The van der Waals surface area contributed by atoms with Crippen molar-refractivity contribution in [3.63, 3.8) is 0 Å². The van der Waals surface area contributed by atoms with Crippen LogP contribution in [0.25, 0.3) is 11.3 Å². The Balaban J connectivity index is 1.94. The lowest BCUT2D eigenvalue weighted by molar-refractivity contribution is 0.240. The molecule has 2 aromatic rings. The molecule has 1 aromatic heterocycles. The highest BCUT2D eigenvalue weighted by molar-refractivity contribution is 5.59. The number of hydrogen-bond acceptors (Lipinski definition) is 2. The summed E-state index contributed by atoms with van der Waals surface area (Å²) in [7, 11) is 0. The van der Waals surface area contributed by atoms with Crippen molar-refractivity contribution in [3.05, 3.63) is 41.9 Å². The lowest BCUT2D eigenvalue weighted by atomic mass is 9.68. The molecule has 3 heteroatoms. The summed E-state index contributed by atoms with van der Waals surface area (Å²) in [6.07, 6.45) is 5.51. The Bertz CT molecular complexity index is 547. The minimum absolute atomic E-state index is 0.113. The highest BCUT2D eigenvalue weighted by atomic mass is 15.0. The molecule has 1 heterocycles. The number of aryl methyl sites for hydroxylation is 1. The van der Waals surface area contributed by atoms with Gasteiger partial charge in [0.25, 0.3) is 0 Å². The van der Waals surface area contributed by atoms with Gasteiger partial charge in [0.2, 0.25) is 0 Å². The second-order valence-electron chi connectivity index (χ2n) is 5.35. The van der Waals surface area contributed by atoms with Crippen molar-refractivity contribution < 1.29 is 0 Å². The van der Waals surface area contributed by atoms with Crippen LogP contribution >= 0.6 is 0 Å². The molecule has 0 spiro atoms. The molecule has 1 saturated carbocycles. The van der Waals surface area contributed by atoms with E-state index in [0.717, 1.165) is 24.4 Å². The van der Waals surface area contributed by atoms with Gasteiger partial charge < -0.3 is 10.7 Å². The van der Waals surface area contributed by atoms with Crippen LogP contribution in [-0.4, -0.2) is 16.5 Å². The Kier molecular flexibility index (Phi) is 2.71. The summed E-state index contributed by atoms with van der Waals surface area (Å²) in [6, 6.07) is 8.47. The quantitative estimate of drug-likeness (QED) is 0.868. The number of H-pyrrole nitrogens is 1. The smallest absolute Gasteiger partial charge is 0.114 e. The van der Waals surface area contributed by atoms with E-state index in [-0.39, 0.29) is 5.41 Å². The average molecular weight is 241 g/mol. The van der Waals surface area contributed by atoms with Gasteiger partial charge in [-0.15, -0.1) is 0 Å². The number of nitrogens with one attached hydrogen (secondary N) is 1. The van der Waals surface area contributed by atoms with Gasteiger partial charge in [0.05, 0.1) is 11.9 Å². The zero-order valence-electron chi connectivity index (χ0n) is 10.7. The number of imidazole rings is 1. The zero-order valence-corrected chi connectivity index (χ0v) is 10.7. The molecule has 0 bridgehead atoms. The predicted molar refractivity (Wildman–Crippen MR) is 73.3 cm³/mol. The molecule has 0 atom stereocenters. The molecule has 18 heavy (non-hydrogen) atoms. The minimum atomic E-state index is 0.113. The lowest BCUT2D eigenvalue weighted by Crippen LogP contribution is -2.42. The maximum atomic E-state index is 5.91. The largest absolute Gasteiger partial charge is 0.342 e. The monoisotopic (exact) mass is 241 g/mol. The fourth-order valence-corrected chi connectivity index (χ4v) is 2.69. The fourth-order valence-electron chi connectivity index (χ4n) is 2.69. The van der Waals surface area contributed by atoms with Crippen LogP contribution in [0.1, 0.15) is 30.7 Å². The summed E-state index contributed by atoms with van der Waals surface area (Å²) in [4.78, 5) is 8.01. The van der Waals surface area contributed by atoms with Gasteiger partial charge in [-0.2, -0.15) is 0 Å². The van der Waals surface area contributed by atoms with Crippen molar-refractivity contribution >= 4 is 0 Å². The Morgan fingerprint density at radius 1 is 1.39 bits per heavy atom. The highest BCUT2D eigenvalue weighted by Crippen LogP contribution is 2.41. The first-order valence-electron chi connectivity index (χ1n) is 6.56. The van der Waals surface area contributed by atoms with Crippen molar-refractivity contribution in [1.29, 1.82) is 0 Å². The van der Waals surface area contributed by atoms with Crippen molar-refractivity contribution in [1.82, 2.24) is 9.97 Å². The van der Waals surface area contributed by atoms with Gasteiger partial charge in [0.1, 0.15) is 5.82 Å². The first-order chi connectivity index (χ1) is 8.73. The fraction of sp³-hybridized carbons (Fsp3) is 0.400. The van der Waals surface area contributed by atoms with Gasteiger partial charge >= 0.3 is 0 Å². The van der Waals surface area contributed by atoms with Gasteiger partial charge in [0.15, 0.2) is 0 Å². The Hall–Kier alpha value is -1.61.